The van der Waals surface area contributed by atoms with Crippen LogP contribution in [0.5, 0.6) is 0 Å². The van der Waals surface area contributed by atoms with Gasteiger partial charge >= 0.3 is 6.03 Å². The summed E-state index contributed by atoms with van der Waals surface area (Å²) >= 11 is 0. The molecule has 0 unspecified atom stereocenters. The maximum atomic E-state index is 14.9. The van der Waals surface area contributed by atoms with Crippen LogP contribution in [0.1, 0.15) is 24.3 Å². The highest BCUT2D eigenvalue weighted by Gasteiger charge is 2.30. The number of rotatable bonds is 5. The molecule has 2 aromatic heterocycles. The van der Waals surface area contributed by atoms with Gasteiger partial charge in [0.05, 0.1) is 17.1 Å². The predicted molar refractivity (Wildman–Crippen MR) is 128 cm³/mol. The second-order valence-electron chi connectivity index (χ2n) is 8.36. The molecule has 0 atom stereocenters. The normalized spacial score (nSPS) is 13.0. The smallest absolute Gasteiger partial charge is 0.323 e. The Labute approximate surface area is 201 Å². The monoisotopic (exact) mass is 497 g/mol. The van der Waals surface area contributed by atoms with Crippen molar-refractivity contribution >= 4 is 34.0 Å². The fraction of sp³-hybridized carbons (Fsp3) is 0.160. The number of hydrogen-bond donors (Lipinski definition) is 3. The average Bonchev–Trinajstić information content (AvgIpc) is 3.68. The number of carbonyl (C=O) groups excluding carboxylic acids is 1. The number of amides is 2. The molecular weight excluding hydrogens is 478 g/mol. The van der Waals surface area contributed by atoms with Crippen LogP contribution in [0, 0.1) is 23.3 Å². The maximum absolute atomic E-state index is 14.9. The number of fused-ring (bicyclic) bond motifs is 1. The van der Waals surface area contributed by atoms with E-state index in [1.165, 1.54) is 12.3 Å². The number of urea groups is 1. The Morgan fingerprint density at radius 1 is 1.00 bits per heavy atom. The highest BCUT2D eigenvalue weighted by Crippen LogP contribution is 2.42. The molecule has 36 heavy (non-hydrogen) atoms. The van der Waals surface area contributed by atoms with Crippen molar-refractivity contribution in [2.75, 3.05) is 23.0 Å². The van der Waals surface area contributed by atoms with E-state index in [4.69, 9.17) is 0 Å². The van der Waals surface area contributed by atoms with Gasteiger partial charge in [-0.3, -0.25) is 9.36 Å². The number of pyridine rings is 2. The van der Waals surface area contributed by atoms with Crippen LogP contribution in [0.25, 0.3) is 16.5 Å². The number of nitrogens with zero attached hydrogens (tertiary/aromatic N) is 2. The predicted octanol–water partition coefficient (Wildman–Crippen LogP) is 5.51. The number of carbonyl (C=O) groups is 1. The van der Waals surface area contributed by atoms with Crippen molar-refractivity contribution in [3.8, 4) is 5.69 Å². The summed E-state index contributed by atoms with van der Waals surface area (Å²) in [5.74, 6) is -4.05. The molecule has 3 N–H and O–H groups in total. The van der Waals surface area contributed by atoms with E-state index in [1.807, 2.05) is 0 Å². The zero-order chi connectivity index (χ0) is 25.6. The summed E-state index contributed by atoms with van der Waals surface area (Å²) in [6, 6.07) is 5.32. The molecular formula is C25H19F4N5O2. The Kier molecular flexibility index (Phi) is 5.83. The fourth-order valence-corrected chi connectivity index (χ4v) is 4.02. The Morgan fingerprint density at radius 3 is 2.47 bits per heavy atom. The molecule has 2 amide bonds. The fourth-order valence-electron chi connectivity index (χ4n) is 4.02. The van der Waals surface area contributed by atoms with Crippen LogP contribution < -0.4 is 21.5 Å². The van der Waals surface area contributed by atoms with Gasteiger partial charge in [0, 0.05) is 36.5 Å². The minimum absolute atomic E-state index is 0.00704. The lowest BCUT2D eigenvalue weighted by molar-refractivity contribution is 0.262. The number of benzene rings is 2. The molecule has 184 valence electrons. The highest BCUT2D eigenvalue weighted by molar-refractivity contribution is 6.00. The van der Waals surface area contributed by atoms with Gasteiger partial charge in [-0.05, 0) is 48.4 Å². The lowest BCUT2D eigenvalue weighted by atomic mass is 10.0. The van der Waals surface area contributed by atoms with Crippen LogP contribution >= 0.6 is 0 Å². The van der Waals surface area contributed by atoms with Crippen molar-refractivity contribution in [2.24, 2.45) is 0 Å². The number of nitrogens with one attached hydrogen (secondary N) is 3. The Morgan fingerprint density at radius 2 is 1.75 bits per heavy atom. The van der Waals surface area contributed by atoms with Crippen molar-refractivity contribution in [3.63, 3.8) is 0 Å². The number of anilines is 3. The summed E-state index contributed by atoms with van der Waals surface area (Å²) in [6.45, 7) is 0. The lowest BCUT2D eigenvalue weighted by Crippen LogP contribution is -2.24. The van der Waals surface area contributed by atoms with Crippen molar-refractivity contribution in [1.29, 1.82) is 0 Å². The van der Waals surface area contributed by atoms with E-state index < -0.39 is 46.2 Å². The van der Waals surface area contributed by atoms with E-state index >= 15 is 0 Å². The van der Waals surface area contributed by atoms with Gasteiger partial charge in [0.2, 0.25) is 0 Å². The number of aromatic nitrogens is 2. The van der Waals surface area contributed by atoms with E-state index in [0.29, 0.717) is 28.2 Å². The van der Waals surface area contributed by atoms with Gasteiger partial charge in [-0.2, -0.15) is 0 Å². The standard InChI is InChI=1S/C25H19F4N5O2/c1-30-21-7-14-13(10-31-21)11-34(24(35)22(14)12-5-6-12)20-9-19(16(27)8-17(20)28)33-25(36)32-18-4-2-3-15(26)23(18)29/h2-4,7-12,30H,5-6H2,1H3,(H2,32,33,36). The summed E-state index contributed by atoms with van der Waals surface area (Å²) in [6.07, 6.45) is 4.56. The summed E-state index contributed by atoms with van der Waals surface area (Å²) in [5, 5.41) is 8.41. The van der Waals surface area contributed by atoms with E-state index in [1.54, 1.807) is 19.3 Å². The first-order chi connectivity index (χ1) is 17.3. The lowest BCUT2D eigenvalue weighted by Gasteiger charge is -2.15. The minimum atomic E-state index is -1.29. The van der Waals surface area contributed by atoms with E-state index in [2.05, 4.69) is 20.9 Å². The van der Waals surface area contributed by atoms with E-state index in [0.717, 1.165) is 35.6 Å². The third-order valence-corrected chi connectivity index (χ3v) is 5.93. The zero-order valence-corrected chi connectivity index (χ0v) is 18.8. The van der Waals surface area contributed by atoms with Crippen LogP contribution in [-0.4, -0.2) is 22.6 Å². The molecule has 1 aliphatic carbocycles. The molecule has 0 radical (unpaired) electrons. The van der Waals surface area contributed by atoms with Crippen LogP contribution in [0.4, 0.5) is 39.5 Å². The molecule has 5 rings (SSSR count). The molecule has 4 aromatic rings. The molecule has 1 saturated carbocycles. The van der Waals surface area contributed by atoms with Crippen LogP contribution in [0.15, 0.2) is 53.6 Å². The van der Waals surface area contributed by atoms with Gasteiger partial charge in [0.15, 0.2) is 11.6 Å². The van der Waals surface area contributed by atoms with E-state index in [9.17, 15) is 27.2 Å². The number of halogens is 4. The Balaban J connectivity index is 1.55. The Bertz CT molecular complexity index is 1580. The van der Waals surface area contributed by atoms with Crippen molar-refractivity contribution in [2.45, 2.75) is 18.8 Å². The van der Waals surface area contributed by atoms with Crippen molar-refractivity contribution in [1.82, 2.24) is 9.55 Å². The quantitative estimate of drug-likeness (QED) is 0.318. The SMILES string of the molecule is CNc1cc2c(C3CC3)c(=O)n(-c3cc(NC(=O)Nc4cccc(F)c4F)c(F)cc3F)cc2cn1. The largest absolute Gasteiger partial charge is 0.373 e. The topological polar surface area (TPSA) is 88.0 Å². The molecule has 0 spiro atoms. The van der Waals surface area contributed by atoms with Crippen molar-refractivity contribution in [3.05, 3.63) is 88.0 Å². The molecule has 0 aliphatic heterocycles. The molecule has 1 fully saturated rings. The molecule has 1 aliphatic rings. The second kappa shape index (κ2) is 8.99. The minimum Gasteiger partial charge on any atom is -0.373 e. The van der Waals surface area contributed by atoms with Gasteiger partial charge in [-0.1, -0.05) is 6.07 Å². The first-order valence-electron chi connectivity index (χ1n) is 11.0. The summed E-state index contributed by atoms with van der Waals surface area (Å²) in [5.41, 5.74) is -1.20. The molecule has 0 saturated heterocycles. The summed E-state index contributed by atoms with van der Waals surface area (Å²) in [4.78, 5) is 30.0. The third-order valence-electron chi connectivity index (χ3n) is 5.93. The van der Waals surface area contributed by atoms with E-state index in [-0.39, 0.29) is 11.6 Å². The van der Waals surface area contributed by atoms with Gasteiger partial charge < -0.3 is 16.0 Å². The third kappa shape index (κ3) is 4.23. The van der Waals surface area contributed by atoms with Crippen LogP contribution in [0.3, 0.4) is 0 Å². The molecule has 7 nitrogen and oxygen atoms in total. The maximum Gasteiger partial charge on any atom is 0.323 e. The van der Waals surface area contributed by atoms with Gasteiger partial charge in [0.25, 0.3) is 5.56 Å². The van der Waals surface area contributed by atoms with Crippen LogP contribution in [0.2, 0.25) is 0 Å². The average molecular weight is 497 g/mol. The number of hydrogen-bond acceptors (Lipinski definition) is 4. The molecule has 0 bridgehead atoms. The Hall–Kier alpha value is -4.41. The van der Waals surface area contributed by atoms with Crippen molar-refractivity contribution < 1.29 is 22.4 Å². The summed E-state index contributed by atoms with van der Waals surface area (Å²) in [7, 11) is 1.70. The first-order valence-corrected chi connectivity index (χ1v) is 11.0. The summed E-state index contributed by atoms with van der Waals surface area (Å²) < 4.78 is 57.7. The molecule has 2 aromatic carbocycles. The van der Waals surface area contributed by atoms with Gasteiger partial charge in [-0.15, -0.1) is 0 Å². The zero-order valence-electron chi connectivity index (χ0n) is 18.8. The second-order valence-corrected chi connectivity index (χ2v) is 8.36. The van der Waals surface area contributed by atoms with Crippen LogP contribution in [-0.2, 0) is 0 Å². The van der Waals surface area contributed by atoms with Gasteiger partial charge in [0.1, 0.15) is 17.5 Å². The highest BCUT2D eigenvalue weighted by atomic mass is 19.2. The molecule has 11 heteroatoms. The van der Waals surface area contributed by atoms with Gasteiger partial charge in [-0.25, -0.2) is 27.3 Å². The molecule has 2 heterocycles. The first kappa shape index (κ1) is 23.3.